The van der Waals surface area contributed by atoms with Gasteiger partial charge in [-0.25, -0.2) is 8.42 Å². The van der Waals surface area contributed by atoms with Gasteiger partial charge in [-0.1, -0.05) is 0 Å². The van der Waals surface area contributed by atoms with Crippen molar-refractivity contribution in [2.45, 2.75) is 12.1 Å². The molecule has 0 unspecified atom stereocenters. The zero-order valence-corrected chi connectivity index (χ0v) is 10.7. The molecule has 2 rings (SSSR count). The van der Waals surface area contributed by atoms with Gasteiger partial charge in [0.15, 0.2) is 5.58 Å². The molecule has 98 valence electrons. The summed E-state index contributed by atoms with van der Waals surface area (Å²) in [6, 6.07) is 4.81. The molecule has 1 aromatic carbocycles. The first-order valence-corrected chi connectivity index (χ1v) is 7.15. The van der Waals surface area contributed by atoms with Crippen molar-refractivity contribution >= 4 is 26.6 Å². The van der Waals surface area contributed by atoms with E-state index in [4.69, 9.17) is 14.9 Å². The van der Waals surface area contributed by atoms with Crippen LogP contribution in [-0.4, -0.2) is 32.4 Å². The van der Waals surface area contributed by atoms with E-state index in [1.165, 1.54) is 0 Å². The summed E-state index contributed by atoms with van der Waals surface area (Å²) in [7, 11) is -3.55. The predicted molar refractivity (Wildman–Crippen MR) is 67.0 cm³/mol. The number of rotatable bonds is 5. The first-order valence-electron chi connectivity index (χ1n) is 5.49. The minimum Gasteiger partial charge on any atom is -0.428 e. The molecular formula is C11H14N2O4S. The van der Waals surface area contributed by atoms with E-state index < -0.39 is 9.84 Å². The average Bonchev–Trinajstić information content (AvgIpc) is 2.72. The third-order valence-electron chi connectivity index (χ3n) is 2.36. The Morgan fingerprint density at radius 2 is 2.22 bits per heavy atom. The summed E-state index contributed by atoms with van der Waals surface area (Å²) in [6.07, 6.45) is 0. The van der Waals surface area contributed by atoms with Gasteiger partial charge in [0.2, 0.25) is 9.84 Å². The number of fused-ring (bicyclic) bond motifs is 1. The number of benzene rings is 1. The molecule has 0 fully saturated rings. The van der Waals surface area contributed by atoms with Gasteiger partial charge in [-0.3, -0.25) is 0 Å². The van der Waals surface area contributed by atoms with Crippen molar-refractivity contribution in [3.63, 3.8) is 0 Å². The monoisotopic (exact) mass is 270 g/mol. The van der Waals surface area contributed by atoms with Gasteiger partial charge in [0.1, 0.15) is 5.52 Å². The van der Waals surface area contributed by atoms with Crippen LogP contribution in [0.25, 0.3) is 11.1 Å². The molecule has 0 saturated heterocycles. The normalized spacial score (nSPS) is 12.1. The van der Waals surface area contributed by atoms with E-state index in [0.29, 0.717) is 23.4 Å². The van der Waals surface area contributed by atoms with Crippen molar-refractivity contribution in [1.29, 1.82) is 0 Å². The number of hydrogen-bond donors (Lipinski definition) is 1. The summed E-state index contributed by atoms with van der Waals surface area (Å²) in [5.41, 5.74) is 6.92. The molecule has 0 saturated carbocycles. The number of nitrogens with two attached hydrogens (primary N) is 1. The van der Waals surface area contributed by atoms with E-state index in [1.54, 1.807) is 25.1 Å². The largest absolute Gasteiger partial charge is 0.428 e. The number of nitrogens with zero attached hydrogens (tertiary/aromatic N) is 1. The lowest BCUT2D eigenvalue weighted by molar-refractivity contribution is 0.163. The van der Waals surface area contributed by atoms with Gasteiger partial charge in [0.25, 0.3) is 0 Å². The Kier molecular flexibility index (Phi) is 3.53. The number of anilines is 1. The van der Waals surface area contributed by atoms with Crippen LogP contribution in [0.15, 0.2) is 27.8 Å². The Morgan fingerprint density at radius 1 is 1.44 bits per heavy atom. The van der Waals surface area contributed by atoms with Crippen LogP contribution in [0.4, 0.5) is 5.69 Å². The maximum absolute atomic E-state index is 11.9. The molecule has 6 nitrogen and oxygen atoms in total. The smallest absolute Gasteiger partial charge is 0.316 e. The number of nitrogen functional groups attached to an aromatic ring is 1. The molecule has 7 heteroatoms. The van der Waals surface area contributed by atoms with Crippen molar-refractivity contribution in [2.75, 3.05) is 24.7 Å². The fourth-order valence-corrected chi connectivity index (χ4v) is 2.42. The summed E-state index contributed by atoms with van der Waals surface area (Å²) in [5, 5.41) is -0.289. The van der Waals surface area contributed by atoms with Crippen LogP contribution in [0.3, 0.4) is 0 Å². The van der Waals surface area contributed by atoms with Crippen molar-refractivity contribution < 1.29 is 17.6 Å². The van der Waals surface area contributed by atoms with E-state index in [1.807, 2.05) is 0 Å². The zero-order chi connectivity index (χ0) is 13.2. The van der Waals surface area contributed by atoms with Crippen LogP contribution in [0.2, 0.25) is 0 Å². The summed E-state index contributed by atoms with van der Waals surface area (Å²) in [4.78, 5) is 3.94. The lowest BCUT2D eigenvalue weighted by atomic mass is 10.3. The molecule has 0 spiro atoms. The molecule has 0 bridgehead atoms. The molecule has 0 amide bonds. The minimum atomic E-state index is -3.55. The summed E-state index contributed by atoms with van der Waals surface area (Å²) < 4.78 is 34.0. The summed E-state index contributed by atoms with van der Waals surface area (Å²) in [5.74, 6) is -0.150. The highest BCUT2D eigenvalue weighted by Crippen LogP contribution is 2.21. The van der Waals surface area contributed by atoms with E-state index in [-0.39, 0.29) is 17.6 Å². The van der Waals surface area contributed by atoms with Crippen LogP contribution in [0, 0.1) is 0 Å². The second-order valence-corrected chi connectivity index (χ2v) is 5.71. The van der Waals surface area contributed by atoms with Crippen molar-refractivity contribution in [2.24, 2.45) is 0 Å². The first kappa shape index (κ1) is 12.8. The highest BCUT2D eigenvalue weighted by atomic mass is 32.2. The van der Waals surface area contributed by atoms with E-state index >= 15 is 0 Å². The molecular weight excluding hydrogens is 256 g/mol. The van der Waals surface area contributed by atoms with Gasteiger partial charge in [0, 0.05) is 18.4 Å². The Hall–Kier alpha value is -1.60. The fourth-order valence-electron chi connectivity index (χ4n) is 1.45. The SMILES string of the molecule is CCOCCS(=O)(=O)c1nc2ccc(N)cc2o1. The maximum Gasteiger partial charge on any atom is 0.316 e. The summed E-state index contributed by atoms with van der Waals surface area (Å²) >= 11 is 0. The number of aromatic nitrogens is 1. The molecule has 0 atom stereocenters. The fraction of sp³-hybridized carbons (Fsp3) is 0.364. The number of hydrogen-bond acceptors (Lipinski definition) is 6. The van der Waals surface area contributed by atoms with Crippen LogP contribution in [0.1, 0.15) is 6.92 Å². The lowest BCUT2D eigenvalue weighted by Gasteiger charge is -1.99. The third-order valence-corrected chi connectivity index (χ3v) is 3.77. The molecule has 2 aromatic rings. The molecule has 0 aliphatic rings. The lowest BCUT2D eigenvalue weighted by Crippen LogP contribution is -2.12. The highest BCUT2D eigenvalue weighted by Gasteiger charge is 2.21. The van der Waals surface area contributed by atoms with Gasteiger partial charge >= 0.3 is 5.22 Å². The van der Waals surface area contributed by atoms with Crippen molar-refractivity contribution in [3.05, 3.63) is 18.2 Å². The molecule has 0 aliphatic heterocycles. The predicted octanol–water partition coefficient (Wildman–Crippen LogP) is 1.22. The van der Waals surface area contributed by atoms with E-state index in [9.17, 15) is 8.42 Å². The standard InChI is InChI=1S/C11H14N2O4S/c1-2-16-5-6-18(14,15)11-13-9-4-3-8(12)7-10(9)17-11/h3-4,7H,2,5-6,12H2,1H3. The number of oxazole rings is 1. The van der Waals surface area contributed by atoms with Crippen LogP contribution >= 0.6 is 0 Å². The molecule has 0 aliphatic carbocycles. The van der Waals surface area contributed by atoms with Gasteiger partial charge in [0.05, 0.1) is 12.4 Å². The highest BCUT2D eigenvalue weighted by molar-refractivity contribution is 7.91. The van der Waals surface area contributed by atoms with Crippen molar-refractivity contribution in [3.8, 4) is 0 Å². The van der Waals surface area contributed by atoms with E-state index in [0.717, 1.165) is 0 Å². The van der Waals surface area contributed by atoms with Gasteiger partial charge in [-0.15, -0.1) is 0 Å². The Bertz CT molecular complexity index is 648. The maximum atomic E-state index is 11.9. The van der Waals surface area contributed by atoms with Gasteiger partial charge in [-0.2, -0.15) is 4.98 Å². The third kappa shape index (κ3) is 2.62. The quantitative estimate of drug-likeness (QED) is 0.648. The number of ether oxygens (including phenoxy) is 1. The molecule has 18 heavy (non-hydrogen) atoms. The van der Waals surface area contributed by atoms with Crippen LogP contribution < -0.4 is 5.73 Å². The molecule has 1 heterocycles. The van der Waals surface area contributed by atoms with Crippen molar-refractivity contribution in [1.82, 2.24) is 4.98 Å². The van der Waals surface area contributed by atoms with Crippen LogP contribution in [0.5, 0.6) is 0 Å². The molecule has 1 aromatic heterocycles. The van der Waals surface area contributed by atoms with Crippen LogP contribution in [-0.2, 0) is 14.6 Å². The second-order valence-electron chi connectivity index (χ2n) is 3.72. The van der Waals surface area contributed by atoms with E-state index in [2.05, 4.69) is 4.98 Å². The Morgan fingerprint density at radius 3 is 2.94 bits per heavy atom. The minimum absolute atomic E-state index is 0.125. The summed E-state index contributed by atoms with van der Waals surface area (Å²) in [6.45, 7) is 2.40. The van der Waals surface area contributed by atoms with Gasteiger partial charge in [-0.05, 0) is 19.1 Å². The Balaban J connectivity index is 2.30. The molecule has 2 N–H and O–H groups in total. The first-order chi connectivity index (χ1) is 8.53. The number of sulfone groups is 1. The average molecular weight is 270 g/mol. The Labute approximate surface area is 105 Å². The van der Waals surface area contributed by atoms with Gasteiger partial charge < -0.3 is 14.9 Å². The molecule has 0 radical (unpaired) electrons. The second kappa shape index (κ2) is 4.95. The topological polar surface area (TPSA) is 95.4 Å². The zero-order valence-electron chi connectivity index (χ0n) is 9.92.